The SMILES string of the molecule is Cc1ccc(N2C(=S)NN=C3N(c4ccccc4)C(=O)c4ccccc4N32)cc1. The quantitative estimate of drug-likeness (QED) is 0.659. The molecule has 1 amide bonds. The second-order valence-electron chi connectivity index (χ2n) is 6.78. The molecule has 0 atom stereocenters. The number of guanidine groups is 1. The highest BCUT2D eigenvalue weighted by Crippen LogP contribution is 2.35. The normalized spacial score (nSPS) is 15.5. The summed E-state index contributed by atoms with van der Waals surface area (Å²) in [4.78, 5) is 15.0. The van der Waals surface area contributed by atoms with Gasteiger partial charge in [-0.05, 0) is 55.5 Å². The first-order valence-corrected chi connectivity index (χ1v) is 9.59. The van der Waals surface area contributed by atoms with Gasteiger partial charge in [-0.2, -0.15) is 0 Å². The fraction of sp³-hybridized carbons (Fsp3) is 0.0455. The van der Waals surface area contributed by atoms with E-state index in [9.17, 15) is 4.79 Å². The summed E-state index contributed by atoms with van der Waals surface area (Å²) in [6.07, 6.45) is 0. The molecule has 2 aliphatic heterocycles. The van der Waals surface area contributed by atoms with Crippen molar-refractivity contribution >= 4 is 46.3 Å². The standard InChI is InChI=1S/C22H17N5OS/c1-15-11-13-17(14-12-15)26-22(29)24-23-21-25(16-7-3-2-4-8-16)20(28)18-9-5-6-10-19(18)27(21)26/h2-14H,1H3,(H,24,29). The summed E-state index contributed by atoms with van der Waals surface area (Å²) in [5.41, 5.74) is 6.97. The lowest BCUT2D eigenvalue weighted by molar-refractivity contribution is 0.1000. The van der Waals surface area contributed by atoms with Crippen molar-refractivity contribution in [1.29, 1.82) is 0 Å². The molecule has 0 aliphatic carbocycles. The number of hydrazone groups is 1. The number of hydrogen-bond donors (Lipinski definition) is 1. The smallest absolute Gasteiger partial charge is 0.267 e. The Bertz CT molecular complexity index is 1140. The van der Waals surface area contributed by atoms with Crippen LogP contribution >= 0.6 is 12.2 Å². The molecule has 3 aromatic rings. The minimum absolute atomic E-state index is 0.139. The maximum atomic E-state index is 13.4. The zero-order chi connectivity index (χ0) is 20.0. The van der Waals surface area contributed by atoms with E-state index >= 15 is 0 Å². The lowest BCUT2D eigenvalue weighted by atomic mass is 10.1. The maximum absolute atomic E-state index is 13.4. The Morgan fingerprint density at radius 1 is 0.828 bits per heavy atom. The van der Waals surface area contributed by atoms with Crippen LogP contribution in [0.15, 0.2) is 84.0 Å². The van der Waals surface area contributed by atoms with E-state index < -0.39 is 0 Å². The largest absolute Gasteiger partial charge is 0.268 e. The number of hydrogen-bond acceptors (Lipinski definition) is 4. The molecule has 0 saturated heterocycles. The van der Waals surface area contributed by atoms with Gasteiger partial charge in [0.05, 0.1) is 22.6 Å². The fourth-order valence-electron chi connectivity index (χ4n) is 3.51. The fourth-order valence-corrected chi connectivity index (χ4v) is 3.74. The van der Waals surface area contributed by atoms with Gasteiger partial charge >= 0.3 is 0 Å². The van der Waals surface area contributed by atoms with Crippen molar-refractivity contribution in [1.82, 2.24) is 5.43 Å². The van der Waals surface area contributed by atoms with Crippen molar-refractivity contribution in [2.75, 3.05) is 14.9 Å². The number of nitrogens with zero attached hydrogens (tertiary/aromatic N) is 4. The number of nitrogens with one attached hydrogen (secondary N) is 1. The maximum Gasteiger partial charge on any atom is 0.267 e. The van der Waals surface area contributed by atoms with Gasteiger partial charge in [0.2, 0.25) is 5.11 Å². The number of benzene rings is 3. The van der Waals surface area contributed by atoms with Crippen molar-refractivity contribution < 1.29 is 4.79 Å². The van der Waals surface area contributed by atoms with E-state index in [1.54, 1.807) is 4.90 Å². The van der Waals surface area contributed by atoms with Crippen LogP contribution < -0.4 is 20.3 Å². The third kappa shape index (κ3) is 2.75. The number of amides is 1. The van der Waals surface area contributed by atoms with Crippen molar-refractivity contribution in [2.45, 2.75) is 6.92 Å². The highest BCUT2D eigenvalue weighted by Gasteiger charge is 2.42. The number of carbonyl (C=O) groups excluding carboxylic acids is 1. The summed E-state index contributed by atoms with van der Waals surface area (Å²) in [7, 11) is 0. The predicted molar refractivity (Wildman–Crippen MR) is 119 cm³/mol. The average Bonchev–Trinajstić information content (AvgIpc) is 2.76. The van der Waals surface area contributed by atoms with E-state index in [1.807, 2.05) is 95.8 Å². The Kier molecular flexibility index (Phi) is 4.03. The molecule has 0 radical (unpaired) electrons. The van der Waals surface area contributed by atoms with Crippen molar-refractivity contribution in [3.05, 3.63) is 90.0 Å². The monoisotopic (exact) mass is 399 g/mol. The second kappa shape index (κ2) is 6.72. The molecule has 1 N–H and O–H groups in total. The molecule has 0 unspecified atom stereocenters. The summed E-state index contributed by atoms with van der Waals surface area (Å²) in [5, 5.41) is 8.62. The molecule has 6 nitrogen and oxygen atoms in total. The number of anilines is 3. The summed E-state index contributed by atoms with van der Waals surface area (Å²) in [6, 6.07) is 25.0. The summed E-state index contributed by atoms with van der Waals surface area (Å²) in [5.74, 6) is 0.300. The van der Waals surface area contributed by atoms with Gasteiger partial charge in [0.25, 0.3) is 11.9 Å². The van der Waals surface area contributed by atoms with Gasteiger partial charge in [-0.15, -0.1) is 5.10 Å². The van der Waals surface area contributed by atoms with Crippen LogP contribution in [0.4, 0.5) is 17.1 Å². The van der Waals surface area contributed by atoms with Crippen LogP contribution in [-0.2, 0) is 0 Å². The first kappa shape index (κ1) is 17.4. The molecule has 7 heteroatoms. The molecule has 0 bridgehead atoms. The van der Waals surface area contributed by atoms with Gasteiger partial charge in [-0.1, -0.05) is 48.0 Å². The van der Waals surface area contributed by atoms with E-state index in [-0.39, 0.29) is 5.91 Å². The summed E-state index contributed by atoms with van der Waals surface area (Å²) < 4.78 is 0. The molecule has 0 aromatic heterocycles. The van der Waals surface area contributed by atoms with E-state index in [4.69, 9.17) is 12.2 Å². The van der Waals surface area contributed by atoms with Gasteiger partial charge in [-0.3, -0.25) is 4.79 Å². The Labute approximate surface area is 173 Å². The van der Waals surface area contributed by atoms with Crippen LogP contribution in [0, 0.1) is 6.92 Å². The molecule has 2 aliphatic rings. The van der Waals surface area contributed by atoms with Gasteiger partial charge in [-0.25, -0.2) is 20.3 Å². The minimum Gasteiger partial charge on any atom is -0.268 e. The Hall–Kier alpha value is -3.71. The Morgan fingerprint density at radius 3 is 2.28 bits per heavy atom. The number of hydrazine groups is 1. The highest BCUT2D eigenvalue weighted by atomic mass is 32.1. The third-order valence-corrected chi connectivity index (χ3v) is 5.16. The van der Waals surface area contributed by atoms with Gasteiger partial charge in [0, 0.05) is 0 Å². The third-order valence-electron chi connectivity index (χ3n) is 4.89. The number of thiocarbonyl (C=S) groups is 1. The lowest BCUT2D eigenvalue weighted by Gasteiger charge is -2.46. The molecule has 2 heterocycles. The summed E-state index contributed by atoms with van der Waals surface area (Å²) >= 11 is 5.59. The first-order valence-electron chi connectivity index (χ1n) is 9.18. The van der Waals surface area contributed by atoms with Crippen LogP contribution in [0.25, 0.3) is 0 Å². The molecule has 3 aromatic carbocycles. The number of aryl methyl sites for hydroxylation is 1. The topological polar surface area (TPSA) is 51.2 Å². The number of para-hydroxylation sites is 2. The zero-order valence-corrected chi connectivity index (χ0v) is 16.4. The molecule has 0 spiro atoms. The van der Waals surface area contributed by atoms with Crippen LogP contribution in [0.3, 0.4) is 0 Å². The van der Waals surface area contributed by atoms with E-state index in [0.29, 0.717) is 16.6 Å². The van der Waals surface area contributed by atoms with Crippen LogP contribution in [0.1, 0.15) is 15.9 Å². The second-order valence-corrected chi connectivity index (χ2v) is 7.17. The highest BCUT2D eigenvalue weighted by molar-refractivity contribution is 7.80. The van der Waals surface area contributed by atoms with E-state index in [0.717, 1.165) is 22.6 Å². The molecular weight excluding hydrogens is 382 g/mol. The zero-order valence-electron chi connectivity index (χ0n) is 15.6. The van der Waals surface area contributed by atoms with Crippen LogP contribution in [0.5, 0.6) is 0 Å². The molecular formula is C22H17N5OS. The van der Waals surface area contributed by atoms with Crippen molar-refractivity contribution in [3.63, 3.8) is 0 Å². The average molecular weight is 399 g/mol. The molecule has 142 valence electrons. The Morgan fingerprint density at radius 2 is 1.52 bits per heavy atom. The predicted octanol–water partition coefficient (Wildman–Crippen LogP) is 4.04. The molecule has 5 rings (SSSR count). The first-order chi connectivity index (χ1) is 14.1. The minimum atomic E-state index is -0.139. The molecule has 0 fully saturated rings. The van der Waals surface area contributed by atoms with Gasteiger partial charge in [0.1, 0.15) is 0 Å². The Balaban J connectivity index is 1.73. The van der Waals surface area contributed by atoms with E-state index in [2.05, 4.69) is 10.5 Å². The van der Waals surface area contributed by atoms with Gasteiger partial charge < -0.3 is 0 Å². The molecule has 29 heavy (non-hydrogen) atoms. The molecule has 0 saturated carbocycles. The van der Waals surface area contributed by atoms with Crippen LogP contribution in [-0.4, -0.2) is 17.0 Å². The summed E-state index contributed by atoms with van der Waals surface area (Å²) in [6.45, 7) is 2.04. The lowest BCUT2D eigenvalue weighted by Crippen LogP contribution is -2.65. The number of carbonyl (C=O) groups is 1. The number of fused-ring (bicyclic) bond motifs is 3. The van der Waals surface area contributed by atoms with E-state index in [1.165, 1.54) is 0 Å². The van der Waals surface area contributed by atoms with Gasteiger partial charge in [0.15, 0.2) is 0 Å². The van der Waals surface area contributed by atoms with Crippen molar-refractivity contribution in [3.8, 4) is 0 Å². The number of rotatable bonds is 2. The van der Waals surface area contributed by atoms with Crippen LogP contribution in [0.2, 0.25) is 0 Å². The van der Waals surface area contributed by atoms with Crippen molar-refractivity contribution in [2.24, 2.45) is 5.10 Å².